The maximum absolute atomic E-state index is 11.7. The van der Waals surface area contributed by atoms with Crippen LogP contribution in [0.25, 0.3) is 11.3 Å². The monoisotopic (exact) mass is 247 g/mol. The normalized spacial score (nSPS) is 10.1. The van der Waals surface area contributed by atoms with E-state index < -0.39 is 5.97 Å². The summed E-state index contributed by atoms with van der Waals surface area (Å²) >= 11 is 0. The predicted molar refractivity (Wildman–Crippen MR) is 64.4 cm³/mol. The molecule has 18 heavy (non-hydrogen) atoms. The molecule has 0 amide bonds. The zero-order valence-corrected chi connectivity index (χ0v) is 10.2. The molecule has 0 spiro atoms. The van der Waals surface area contributed by atoms with Crippen molar-refractivity contribution in [2.45, 2.75) is 6.92 Å². The van der Waals surface area contributed by atoms with Crippen LogP contribution < -0.4 is 4.74 Å². The lowest BCUT2D eigenvalue weighted by atomic mass is 10.1. The van der Waals surface area contributed by atoms with E-state index in [1.807, 2.05) is 12.1 Å². The predicted octanol–water partition coefficient (Wildman–Crippen LogP) is 2.53. The Bertz CT molecular complexity index is 547. The summed E-state index contributed by atoms with van der Waals surface area (Å²) in [5, 5.41) is 3.65. The van der Waals surface area contributed by atoms with E-state index in [0.717, 1.165) is 0 Å². The van der Waals surface area contributed by atoms with Gasteiger partial charge in [-0.3, -0.25) is 0 Å². The van der Waals surface area contributed by atoms with Gasteiger partial charge in [-0.25, -0.2) is 4.79 Å². The number of ether oxygens (including phenoxy) is 2. The molecule has 1 aromatic carbocycles. The van der Waals surface area contributed by atoms with Crippen molar-refractivity contribution in [1.29, 1.82) is 0 Å². The standard InChI is InChI=1S/C13H13NO4/c1-3-17-13(15)10-8-14-18-12(10)9-6-4-5-7-11(9)16-2/h4-8H,3H2,1-2H3. The molecule has 1 aromatic heterocycles. The number of hydrogen-bond donors (Lipinski definition) is 0. The van der Waals surface area contributed by atoms with Crippen LogP contribution in [0, 0.1) is 0 Å². The molecule has 0 atom stereocenters. The molecular weight excluding hydrogens is 234 g/mol. The van der Waals surface area contributed by atoms with Gasteiger partial charge >= 0.3 is 5.97 Å². The number of carbonyl (C=O) groups is 1. The second-order valence-corrected chi connectivity index (χ2v) is 3.49. The van der Waals surface area contributed by atoms with Crippen molar-refractivity contribution in [2.75, 3.05) is 13.7 Å². The number of esters is 1. The summed E-state index contributed by atoms with van der Waals surface area (Å²) in [4.78, 5) is 11.7. The highest BCUT2D eigenvalue weighted by molar-refractivity contribution is 5.96. The summed E-state index contributed by atoms with van der Waals surface area (Å²) < 4.78 is 15.3. The third kappa shape index (κ3) is 2.20. The maximum atomic E-state index is 11.7. The zero-order valence-electron chi connectivity index (χ0n) is 10.2. The quantitative estimate of drug-likeness (QED) is 0.777. The van der Waals surface area contributed by atoms with E-state index in [2.05, 4.69) is 5.16 Å². The first kappa shape index (κ1) is 12.2. The van der Waals surface area contributed by atoms with E-state index >= 15 is 0 Å². The van der Waals surface area contributed by atoms with Gasteiger partial charge in [0.2, 0.25) is 0 Å². The molecule has 0 bridgehead atoms. The number of methoxy groups -OCH3 is 1. The minimum Gasteiger partial charge on any atom is -0.496 e. The van der Waals surface area contributed by atoms with Gasteiger partial charge in [0, 0.05) is 0 Å². The van der Waals surface area contributed by atoms with E-state index in [-0.39, 0.29) is 0 Å². The summed E-state index contributed by atoms with van der Waals surface area (Å²) in [5.41, 5.74) is 0.960. The molecule has 5 heteroatoms. The van der Waals surface area contributed by atoms with Gasteiger partial charge in [0.25, 0.3) is 0 Å². The fourth-order valence-electron chi connectivity index (χ4n) is 1.62. The Morgan fingerprint density at radius 2 is 2.17 bits per heavy atom. The van der Waals surface area contributed by atoms with Gasteiger partial charge < -0.3 is 14.0 Å². The summed E-state index contributed by atoms with van der Waals surface area (Å²) in [7, 11) is 1.55. The molecule has 0 aliphatic carbocycles. The lowest BCUT2D eigenvalue weighted by Gasteiger charge is -2.06. The highest BCUT2D eigenvalue weighted by atomic mass is 16.5. The Morgan fingerprint density at radius 1 is 1.39 bits per heavy atom. The van der Waals surface area contributed by atoms with E-state index in [9.17, 15) is 4.79 Å². The van der Waals surface area contributed by atoms with Crippen molar-refractivity contribution in [1.82, 2.24) is 5.16 Å². The maximum Gasteiger partial charge on any atom is 0.343 e. The van der Waals surface area contributed by atoms with Crippen LogP contribution in [-0.4, -0.2) is 24.8 Å². The van der Waals surface area contributed by atoms with Crippen LogP contribution in [0.15, 0.2) is 35.0 Å². The number of rotatable bonds is 4. The third-order valence-corrected chi connectivity index (χ3v) is 2.42. The topological polar surface area (TPSA) is 61.6 Å². The van der Waals surface area contributed by atoms with E-state index in [0.29, 0.717) is 29.2 Å². The van der Waals surface area contributed by atoms with Gasteiger partial charge in [-0.15, -0.1) is 0 Å². The first-order chi connectivity index (χ1) is 8.77. The van der Waals surface area contributed by atoms with E-state index in [1.54, 1.807) is 26.2 Å². The Kier molecular flexibility index (Phi) is 3.62. The fraction of sp³-hybridized carbons (Fsp3) is 0.231. The molecule has 2 rings (SSSR count). The number of nitrogens with zero attached hydrogens (tertiary/aromatic N) is 1. The van der Waals surface area contributed by atoms with Crippen molar-refractivity contribution in [3.63, 3.8) is 0 Å². The Hall–Kier alpha value is -2.30. The van der Waals surface area contributed by atoms with Crippen molar-refractivity contribution in [3.05, 3.63) is 36.0 Å². The first-order valence-corrected chi connectivity index (χ1v) is 5.53. The molecule has 5 nitrogen and oxygen atoms in total. The number of aromatic nitrogens is 1. The van der Waals surface area contributed by atoms with Gasteiger partial charge in [0.15, 0.2) is 5.76 Å². The summed E-state index contributed by atoms with van der Waals surface area (Å²) in [6, 6.07) is 7.24. The molecule has 0 aliphatic rings. The number of para-hydroxylation sites is 1. The second-order valence-electron chi connectivity index (χ2n) is 3.49. The number of hydrogen-bond acceptors (Lipinski definition) is 5. The van der Waals surface area contributed by atoms with Gasteiger partial charge in [0.1, 0.15) is 11.3 Å². The van der Waals surface area contributed by atoms with E-state index in [4.69, 9.17) is 14.0 Å². The molecule has 0 saturated heterocycles. The van der Waals surface area contributed by atoms with Gasteiger partial charge in [-0.2, -0.15) is 0 Å². The van der Waals surface area contributed by atoms with Crippen LogP contribution in [0.5, 0.6) is 5.75 Å². The van der Waals surface area contributed by atoms with Crippen molar-refractivity contribution in [2.24, 2.45) is 0 Å². The smallest absolute Gasteiger partial charge is 0.343 e. The summed E-state index contributed by atoms with van der Waals surface area (Å²) in [6.07, 6.45) is 1.35. The Balaban J connectivity index is 2.45. The van der Waals surface area contributed by atoms with E-state index in [1.165, 1.54) is 6.20 Å². The molecule has 0 saturated carbocycles. The average Bonchev–Trinajstić information content (AvgIpc) is 2.88. The highest BCUT2D eigenvalue weighted by Gasteiger charge is 2.21. The van der Waals surface area contributed by atoms with Crippen LogP contribution >= 0.6 is 0 Å². The minimum absolute atomic E-state index is 0.293. The molecule has 94 valence electrons. The molecule has 1 heterocycles. The van der Waals surface area contributed by atoms with Crippen LogP contribution in [0.3, 0.4) is 0 Å². The zero-order chi connectivity index (χ0) is 13.0. The average molecular weight is 247 g/mol. The van der Waals surface area contributed by atoms with Crippen molar-refractivity contribution >= 4 is 5.97 Å². The Morgan fingerprint density at radius 3 is 2.89 bits per heavy atom. The molecule has 0 fully saturated rings. The van der Waals surface area contributed by atoms with Crippen LogP contribution in [-0.2, 0) is 4.74 Å². The summed E-state index contributed by atoms with van der Waals surface area (Å²) in [5.74, 6) is 0.505. The SMILES string of the molecule is CCOC(=O)c1cnoc1-c1ccccc1OC. The third-order valence-electron chi connectivity index (χ3n) is 2.42. The molecular formula is C13H13NO4. The molecule has 0 radical (unpaired) electrons. The molecule has 0 aliphatic heterocycles. The Labute approximate surface area is 104 Å². The lowest BCUT2D eigenvalue weighted by molar-refractivity contribution is 0.0527. The largest absolute Gasteiger partial charge is 0.496 e. The van der Waals surface area contributed by atoms with Gasteiger partial charge in [-0.05, 0) is 19.1 Å². The lowest BCUT2D eigenvalue weighted by Crippen LogP contribution is -2.04. The van der Waals surface area contributed by atoms with Crippen LogP contribution in [0.2, 0.25) is 0 Å². The molecule has 0 N–H and O–H groups in total. The fourth-order valence-corrected chi connectivity index (χ4v) is 1.62. The highest BCUT2D eigenvalue weighted by Crippen LogP contribution is 2.32. The number of carbonyl (C=O) groups excluding carboxylic acids is 1. The van der Waals surface area contributed by atoms with Gasteiger partial charge in [-0.1, -0.05) is 17.3 Å². The van der Waals surface area contributed by atoms with Crippen LogP contribution in [0.1, 0.15) is 17.3 Å². The number of benzene rings is 1. The minimum atomic E-state index is -0.459. The summed E-state index contributed by atoms with van der Waals surface area (Å²) in [6.45, 7) is 2.05. The molecule has 0 unspecified atom stereocenters. The van der Waals surface area contributed by atoms with Gasteiger partial charge in [0.05, 0.1) is 25.5 Å². The van der Waals surface area contributed by atoms with Crippen molar-refractivity contribution < 1.29 is 18.8 Å². The first-order valence-electron chi connectivity index (χ1n) is 5.53. The van der Waals surface area contributed by atoms with Crippen molar-refractivity contribution in [3.8, 4) is 17.1 Å². The van der Waals surface area contributed by atoms with Crippen LogP contribution in [0.4, 0.5) is 0 Å². The second kappa shape index (κ2) is 5.35. The molecule has 2 aromatic rings.